The number of anilines is 1. The van der Waals surface area contributed by atoms with Crippen LogP contribution in [0.1, 0.15) is 31.1 Å². The molecule has 104 valence electrons. The first-order valence-electron chi connectivity index (χ1n) is 5.61. The van der Waals surface area contributed by atoms with Crippen LogP contribution in [-0.2, 0) is 4.74 Å². The maximum absolute atomic E-state index is 12.2. The van der Waals surface area contributed by atoms with Crippen molar-refractivity contribution in [3.63, 3.8) is 0 Å². The number of nitrogens with one attached hydrogen (secondary N) is 1. The quantitative estimate of drug-likeness (QED) is 0.856. The summed E-state index contributed by atoms with van der Waals surface area (Å²) in [6.45, 7) is 5.16. The Kier molecular flexibility index (Phi) is 4.58. The molecule has 0 unspecified atom stereocenters. The van der Waals surface area contributed by atoms with Gasteiger partial charge in [0, 0.05) is 11.3 Å². The van der Waals surface area contributed by atoms with E-state index in [1.54, 1.807) is 20.8 Å². The average Bonchev–Trinajstić information content (AvgIpc) is 2.26. The molecule has 1 rings (SSSR count). The summed E-state index contributed by atoms with van der Waals surface area (Å²) in [6.07, 6.45) is -3.69. The van der Waals surface area contributed by atoms with Crippen LogP contribution in [0.3, 0.4) is 0 Å². The van der Waals surface area contributed by atoms with Crippen LogP contribution < -0.4 is 5.32 Å². The molecule has 0 aliphatic heterocycles. The molecule has 4 nitrogen and oxygen atoms in total. The van der Waals surface area contributed by atoms with E-state index < -0.39 is 23.9 Å². The Hall–Kier alpha value is -1.98. The largest absolute Gasteiger partial charge is 0.444 e. The fraction of sp³-hybridized carbons (Fsp3) is 0.385. The lowest BCUT2D eigenvalue weighted by molar-refractivity contribution is 0.0635. The van der Waals surface area contributed by atoms with Gasteiger partial charge in [0.05, 0.1) is 0 Å². The topological polar surface area (TPSA) is 55.4 Å². The fourth-order valence-electron chi connectivity index (χ4n) is 1.27. The number of carbonyl (C=O) groups is 2. The van der Waals surface area contributed by atoms with Crippen LogP contribution >= 0.6 is 0 Å². The number of alkyl halides is 2. The lowest BCUT2D eigenvalue weighted by Crippen LogP contribution is -2.27. The van der Waals surface area contributed by atoms with Gasteiger partial charge in [0.15, 0.2) is 0 Å². The highest BCUT2D eigenvalue weighted by atomic mass is 19.3. The highest BCUT2D eigenvalue weighted by Crippen LogP contribution is 2.14. The van der Waals surface area contributed by atoms with Crippen molar-refractivity contribution in [3.05, 3.63) is 29.8 Å². The first kappa shape index (κ1) is 15.1. The molecule has 19 heavy (non-hydrogen) atoms. The van der Waals surface area contributed by atoms with Gasteiger partial charge in [-0.15, -0.1) is 0 Å². The van der Waals surface area contributed by atoms with Crippen LogP contribution in [0.5, 0.6) is 0 Å². The number of ether oxygens (including phenoxy) is 1. The zero-order chi connectivity index (χ0) is 14.6. The Morgan fingerprint density at radius 1 is 1.16 bits per heavy atom. The van der Waals surface area contributed by atoms with E-state index in [1.807, 2.05) is 0 Å². The molecule has 0 spiro atoms. The van der Waals surface area contributed by atoms with Crippen molar-refractivity contribution in [3.8, 4) is 0 Å². The van der Waals surface area contributed by atoms with E-state index in [9.17, 15) is 18.4 Å². The lowest BCUT2D eigenvalue weighted by Gasteiger charge is -2.19. The summed E-state index contributed by atoms with van der Waals surface area (Å²) in [5.74, 6) is -1.25. The van der Waals surface area contributed by atoms with Gasteiger partial charge in [-0.05, 0) is 45.0 Å². The fourth-order valence-corrected chi connectivity index (χ4v) is 1.27. The summed E-state index contributed by atoms with van der Waals surface area (Å²) in [4.78, 5) is 22.4. The highest BCUT2D eigenvalue weighted by molar-refractivity contribution is 5.99. The Morgan fingerprint density at radius 2 is 1.68 bits per heavy atom. The molecule has 1 N–H and O–H groups in total. The summed E-state index contributed by atoms with van der Waals surface area (Å²) in [6, 6.07) is 5.17. The molecule has 1 amide bonds. The minimum Gasteiger partial charge on any atom is -0.444 e. The molecule has 1 aromatic rings. The highest BCUT2D eigenvalue weighted by Gasteiger charge is 2.18. The molecule has 0 saturated carbocycles. The molecule has 0 aromatic heterocycles. The average molecular weight is 271 g/mol. The molecule has 0 aliphatic rings. The van der Waals surface area contributed by atoms with Crippen molar-refractivity contribution in [2.24, 2.45) is 0 Å². The maximum atomic E-state index is 12.2. The summed E-state index contributed by atoms with van der Waals surface area (Å²) in [5, 5.41) is 2.43. The Morgan fingerprint density at radius 3 is 2.11 bits per heavy atom. The monoisotopic (exact) mass is 271 g/mol. The Bertz CT molecular complexity index is 464. The molecule has 0 aliphatic carbocycles. The standard InChI is InChI=1S/C13H15F2NO3/c1-13(2,3)19-12(18)16-9-6-4-8(5-7-9)10(17)11(14)15/h4-7,11H,1-3H3,(H,16,18). The maximum Gasteiger partial charge on any atom is 0.412 e. The van der Waals surface area contributed by atoms with E-state index in [1.165, 1.54) is 24.3 Å². The third kappa shape index (κ3) is 5.03. The Labute approximate surface area is 109 Å². The van der Waals surface area contributed by atoms with Gasteiger partial charge in [-0.1, -0.05) is 0 Å². The third-order valence-corrected chi connectivity index (χ3v) is 2.01. The van der Waals surface area contributed by atoms with Gasteiger partial charge < -0.3 is 4.74 Å². The predicted molar refractivity (Wildman–Crippen MR) is 66.6 cm³/mol. The van der Waals surface area contributed by atoms with Gasteiger partial charge in [0.1, 0.15) is 5.60 Å². The second-order valence-electron chi connectivity index (χ2n) is 4.87. The zero-order valence-electron chi connectivity index (χ0n) is 10.9. The molecular weight excluding hydrogens is 256 g/mol. The van der Waals surface area contributed by atoms with Crippen molar-refractivity contribution in [1.82, 2.24) is 0 Å². The number of halogens is 2. The van der Waals surface area contributed by atoms with Gasteiger partial charge in [-0.25, -0.2) is 13.6 Å². The molecule has 1 aromatic carbocycles. The van der Waals surface area contributed by atoms with Gasteiger partial charge >= 0.3 is 12.5 Å². The van der Waals surface area contributed by atoms with E-state index in [4.69, 9.17) is 4.74 Å². The summed E-state index contributed by atoms with van der Waals surface area (Å²) in [5.41, 5.74) is -0.375. The number of benzene rings is 1. The number of ketones is 1. The van der Waals surface area contributed by atoms with E-state index in [0.717, 1.165) is 0 Å². The summed E-state index contributed by atoms with van der Waals surface area (Å²) >= 11 is 0. The number of amides is 1. The van der Waals surface area contributed by atoms with Crippen molar-refractivity contribution in [1.29, 1.82) is 0 Å². The normalized spacial score (nSPS) is 11.3. The van der Waals surface area contributed by atoms with Gasteiger partial charge in [0.2, 0.25) is 5.78 Å². The second kappa shape index (κ2) is 5.77. The minimum atomic E-state index is -3.04. The summed E-state index contributed by atoms with van der Waals surface area (Å²) < 4.78 is 29.4. The van der Waals surface area contributed by atoms with Gasteiger partial charge in [-0.2, -0.15) is 0 Å². The van der Waals surface area contributed by atoms with Crippen molar-refractivity contribution >= 4 is 17.6 Å². The van der Waals surface area contributed by atoms with Crippen LogP contribution in [0.4, 0.5) is 19.3 Å². The molecule has 6 heteroatoms. The van der Waals surface area contributed by atoms with Crippen molar-refractivity contribution in [2.75, 3.05) is 5.32 Å². The molecular formula is C13H15F2NO3. The zero-order valence-corrected chi connectivity index (χ0v) is 10.9. The van der Waals surface area contributed by atoms with E-state index in [-0.39, 0.29) is 5.56 Å². The molecule has 0 bridgehead atoms. The molecule has 0 fully saturated rings. The van der Waals surface area contributed by atoms with Crippen molar-refractivity contribution in [2.45, 2.75) is 32.8 Å². The number of hydrogen-bond donors (Lipinski definition) is 1. The molecule has 0 radical (unpaired) electrons. The molecule has 0 atom stereocenters. The first-order chi connectivity index (χ1) is 8.69. The SMILES string of the molecule is CC(C)(C)OC(=O)Nc1ccc(C(=O)C(F)F)cc1. The van der Waals surface area contributed by atoms with Crippen LogP contribution in [-0.4, -0.2) is 23.9 Å². The lowest BCUT2D eigenvalue weighted by atomic mass is 10.1. The van der Waals surface area contributed by atoms with Gasteiger partial charge in [0.25, 0.3) is 0 Å². The molecule has 0 heterocycles. The van der Waals surface area contributed by atoms with E-state index >= 15 is 0 Å². The molecule has 0 saturated heterocycles. The summed E-state index contributed by atoms with van der Waals surface area (Å²) in [7, 11) is 0. The number of rotatable bonds is 3. The van der Waals surface area contributed by atoms with E-state index in [2.05, 4.69) is 5.32 Å². The van der Waals surface area contributed by atoms with Crippen molar-refractivity contribution < 1.29 is 23.1 Å². The van der Waals surface area contributed by atoms with Crippen LogP contribution in [0.25, 0.3) is 0 Å². The second-order valence-corrected chi connectivity index (χ2v) is 4.87. The number of carbonyl (C=O) groups excluding carboxylic acids is 2. The number of hydrogen-bond acceptors (Lipinski definition) is 3. The van der Waals surface area contributed by atoms with E-state index in [0.29, 0.717) is 5.69 Å². The van der Waals surface area contributed by atoms with Crippen LogP contribution in [0, 0.1) is 0 Å². The Balaban J connectivity index is 2.67. The van der Waals surface area contributed by atoms with Crippen LogP contribution in [0.2, 0.25) is 0 Å². The first-order valence-corrected chi connectivity index (χ1v) is 5.61. The third-order valence-electron chi connectivity index (χ3n) is 2.01. The predicted octanol–water partition coefficient (Wildman–Crippen LogP) is 3.48. The minimum absolute atomic E-state index is 0.107. The van der Waals surface area contributed by atoms with Gasteiger partial charge in [-0.3, -0.25) is 10.1 Å². The number of Topliss-reactive ketones (excluding diaryl/α,β-unsaturated/α-hetero) is 1. The smallest absolute Gasteiger partial charge is 0.412 e. The van der Waals surface area contributed by atoms with Crippen LogP contribution in [0.15, 0.2) is 24.3 Å².